The topological polar surface area (TPSA) is 37.3 Å². The molecule has 2 heteroatoms. The molecule has 0 aromatic carbocycles. The average molecular weight is 312 g/mol. The van der Waals surface area contributed by atoms with Gasteiger partial charge in [-0.1, -0.05) is 12.5 Å². The SMILES string of the molecule is C#C[C@@H]1C[C@@H]2[C@@H]3CCC4=CC(=O)CC[C@@H]4[C@@H]3CC[C@@]2(CC)[C@@H]1O. The number of hydrogen-bond donors (Lipinski definition) is 1. The van der Waals surface area contributed by atoms with Crippen LogP contribution in [0.5, 0.6) is 0 Å². The number of aliphatic hydroxyl groups is 1. The lowest BCUT2D eigenvalue weighted by Crippen LogP contribution is -2.49. The monoisotopic (exact) mass is 312 g/mol. The van der Waals surface area contributed by atoms with Crippen molar-refractivity contribution in [1.82, 2.24) is 0 Å². The lowest BCUT2D eigenvalue weighted by Gasteiger charge is -2.54. The standard InChI is InChI=1S/C21H28O2/c1-3-13-12-19-18-7-5-14-11-15(22)6-8-16(14)17(18)9-10-21(19,4-2)20(13)23/h1,11,13,16-20,23H,4-10,12H2,2H3/t13-,16+,17+,18-,19-,20-,21-/m1/s1. The van der Waals surface area contributed by atoms with E-state index in [1.807, 2.05) is 6.08 Å². The van der Waals surface area contributed by atoms with Gasteiger partial charge >= 0.3 is 0 Å². The van der Waals surface area contributed by atoms with E-state index < -0.39 is 0 Å². The Morgan fingerprint density at radius 1 is 1.30 bits per heavy atom. The minimum atomic E-state index is -0.312. The Balaban J connectivity index is 1.66. The molecule has 0 spiro atoms. The lowest BCUT2D eigenvalue weighted by molar-refractivity contribution is -0.116. The number of fused-ring (bicyclic) bond motifs is 5. The molecule has 23 heavy (non-hydrogen) atoms. The number of allylic oxidation sites excluding steroid dienone is 1. The van der Waals surface area contributed by atoms with Crippen molar-refractivity contribution in [3.63, 3.8) is 0 Å². The van der Waals surface area contributed by atoms with Gasteiger partial charge in [0.1, 0.15) is 0 Å². The molecule has 2 nitrogen and oxygen atoms in total. The van der Waals surface area contributed by atoms with Crippen LogP contribution in [0.15, 0.2) is 11.6 Å². The Kier molecular flexibility index (Phi) is 3.69. The average Bonchev–Trinajstić information content (AvgIpc) is 2.87. The van der Waals surface area contributed by atoms with Crippen molar-refractivity contribution in [2.45, 2.75) is 64.4 Å². The van der Waals surface area contributed by atoms with Crippen molar-refractivity contribution < 1.29 is 9.90 Å². The summed E-state index contributed by atoms with van der Waals surface area (Å²) in [5.74, 6) is 5.89. The van der Waals surface area contributed by atoms with Gasteiger partial charge in [0, 0.05) is 17.8 Å². The van der Waals surface area contributed by atoms with Crippen LogP contribution in [0.4, 0.5) is 0 Å². The summed E-state index contributed by atoms with van der Waals surface area (Å²) in [6, 6.07) is 0. The molecule has 0 radical (unpaired) electrons. The molecular formula is C21H28O2. The van der Waals surface area contributed by atoms with E-state index in [-0.39, 0.29) is 17.4 Å². The van der Waals surface area contributed by atoms with E-state index >= 15 is 0 Å². The molecular weight excluding hydrogens is 284 g/mol. The Morgan fingerprint density at radius 3 is 2.87 bits per heavy atom. The van der Waals surface area contributed by atoms with E-state index in [1.54, 1.807) is 0 Å². The summed E-state index contributed by atoms with van der Waals surface area (Å²) in [7, 11) is 0. The van der Waals surface area contributed by atoms with Gasteiger partial charge in [0.05, 0.1) is 6.10 Å². The molecule has 7 atom stereocenters. The lowest BCUT2D eigenvalue weighted by atomic mass is 9.51. The summed E-state index contributed by atoms with van der Waals surface area (Å²) in [5, 5.41) is 10.9. The maximum absolute atomic E-state index is 11.8. The van der Waals surface area contributed by atoms with Crippen molar-refractivity contribution in [1.29, 1.82) is 0 Å². The molecule has 0 aromatic heterocycles. The minimum Gasteiger partial charge on any atom is -0.391 e. The van der Waals surface area contributed by atoms with Gasteiger partial charge in [-0.05, 0) is 74.7 Å². The first kappa shape index (κ1) is 15.5. The third-order valence-electron chi connectivity index (χ3n) is 7.91. The molecule has 0 heterocycles. The van der Waals surface area contributed by atoms with E-state index in [0.717, 1.165) is 44.4 Å². The second kappa shape index (κ2) is 5.49. The van der Waals surface area contributed by atoms with Crippen molar-refractivity contribution in [3.05, 3.63) is 11.6 Å². The molecule has 0 amide bonds. The van der Waals surface area contributed by atoms with Crippen molar-refractivity contribution in [2.75, 3.05) is 0 Å². The first-order valence-corrected chi connectivity index (χ1v) is 9.48. The van der Waals surface area contributed by atoms with Crippen LogP contribution in [0.3, 0.4) is 0 Å². The molecule has 0 unspecified atom stereocenters. The van der Waals surface area contributed by atoms with E-state index in [2.05, 4.69) is 12.8 Å². The number of ketones is 1. The molecule has 0 saturated heterocycles. The highest BCUT2D eigenvalue weighted by atomic mass is 16.3. The van der Waals surface area contributed by atoms with Gasteiger partial charge in [-0.25, -0.2) is 0 Å². The molecule has 4 aliphatic carbocycles. The molecule has 0 bridgehead atoms. The van der Waals surface area contributed by atoms with E-state index in [4.69, 9.17) is 6.42 Å². The first-order valence-electron chi connectivity index (χ1n) is 9.48. The second-order valence-electron chi connectivity index (χ2n) is 8.38. The molecule has 124 valence electrons. The van der Waals surface area contributed by atoms with Crippen LogP contribution in [0.1, 0.15) is 58.3 Å². The van der Waals surface area contributed by atoms with Crippen LogP contribution in [0.25, 0.3) is 0 Å². The van der Waals surface area contributed by atoms with Crippen LogP contribution in [-0.2, 0) is 4.79 Å². The van der Waals surface area contributed by atoms with Gasteiger partial charge in [0.25, 0.3) is 0 Å². The van der Waals surface area contributed by atoms with Gasteiger partial charge < -0.3 is 5.11 Å². The first-order chi connectivity index (χ1) is 11.1. The largest absolute Gasteiger partial charge is 0.391 e. The molecule has 0 aromatic rings. The van der Waals surface area contributed by atoms with Crippen molar-refractivity contribution >= 4 is 5.78 Å². The normalized spacial score (nSPS) is 48.7. The van der Waals surface area contributed by atoms with Crippen LogP contribution in [-0.4, -0.2) is 17.0 Å². The predicted octanol–water partition coefficient (Wildman–Crippen LogP) is 3.74. The third-order valence-corrected chi connectivity index (χ3v) is 7.91. The number of rotatable bonds is 1. The molecule has 3 fully saturated rings. The Morgan fingerprint density at radius 2 is 2.13 bits per heavy atom. The summed E-state index contributed by atoms with van der Waals surface area (Å²) in [6.07, 6.45) is 15.8. The van der Waals surface area contributed by atoms with Crippen LogP contribution >= 0.6 is 0 Å². The predicted molar refractivity (Wildman–Crippen MR) is 90.4 cm³/mol. The van der Waals surface area contributed by atoms with Crippen LogP contribution < -0.4 is 0 Å². The summed E-state index contributed by atoms with van der Waals surface area (Å²) >= 11 is 0. The molecule has 4 aliphatic rings. The fourth-order valence-corrected chi connectivity index (χ4v) is 6.81. The van der Waals surface area contributed by atoms with Crippen LogP contribution in [0.2, 0.25) is 0 Å². The van der Waals surface area contributed by atoms with Gasteiger partial charge in [-0.3, -0.25) is 4.79 Å². The van der Waals surface area contributed by atoms with Crippen molar-refractivity contribution in [2.24, 2.45) is 35.0 Å². The highest BCUT2D eigenvalue weighted by Gasteiger charge is 2.60. The van der Waals surface area contributed by atoms with Gasteiger partial charge in [0.2, 0.25) is 0 Å². The highest BCUT2D eigenvalue weighted by molar-refractivity contribution is 5.91. The van der Waals surface area contributed by atoms with Gasteiger partial charge in [-0.2, -0.15) is 0 Å². The third kappa shape index (κ3) is 2.09. The smallest absolute Gasteiger partial charge is 0.155 e. The fraction of sp³-hybridized carbons (Fsp3) is 0.762. The maximum atomic E-state index is 11.8. The summed E-state index contributed by atoms with van der Waals surface area (Å²) in [6.45, 7) is 2.24. The zero-order chi connectivity index (χ0) is 16.2. The number of terminal acetylenes is 1. The number of hydrogen-bond acceptors (Lipinski definition) is 2. The molecule has 3 saturated carbocycles. The van der Waals surface area contributed by atoms with E-state index in [9.17, 15) is 9.90 Å². The van der Waals surface area contributed by atoms with Crippen LogP contribution in [0, 0.1) is 47.3 Å². The zero-order valence-electron chi connectivity index (χ0n) is 14.1. The number of aliphatic hydroxyl groups excluding tert-OH is 1. The number of carbonyl (C=O) groups is 1. The summed E-state index contributed by atoms with van der Waals surface area (Å²) in [4.78, 5) is 11.8. The molecule has 4 rings (SSSR count). The fourth-order valence-electron chi connectivity index (χ4n) is 6.81. The summed E-state index contributed by atoms with van der Waals surface area (Å²) in [5.41, 5.74) is 1.49. The Labute approximate surface area is 139 Å². The second-order valence-corrected chi connectivity index (χ2v) is 8.38. The van der Waals surface area contributed by atoms with Gasteiger partial charge in [0.15, 0.2) is 5.78 Å². The van der Waals surface area contributed by atoms with E-state index in [0.29, 0.717) is 23.5 Å². The Bertz CT molecular complexity index is 583. The van der Waals surface area contributed by atoms with Gasteiger partial charge in [-0.15, -0.1) is 12.3 Å². The molecule has 1 N–H and O–H groups in total. The quantitative estimate of drug-likeness (QED) is 0.749. The zero-order valence-corrected chi connectivity index (χ0v) is 14.1. The van der Waals surface area contributed by atoms with Crippen molar-refractivity contribution in [3.8, 4) is 12.3 Å². The summed E-state index contributed by atoms with van der Waals surface area (Å²) < 4.78 is 0. The Hall–Kier alpha value is -1.07. The van der Waals surface area contributed by atoms with E-state index in [1.165, 1.54) is 18.4 Å². The molecule has 0 aliphatic heterocycles. The number of carbonyl (C=O) groups excluding carboxylic acids is 1. The maximum Gasteiger partial charge on any atom is 0.155 e. The minimum absolute atomic E-state index is 0.0450. The highest BCUT2D eigenvalue weighted by Crippen LogP contribution is 2.64.